The standard InChI is InChI=1S/C16H23BrN2O3/c1-3-4-5-6-7-8-15(20)18-19-16(21)12-9-10-14(22-2)13(17)11-12/h9-11H,3-8H2,1-2H3,(H,18,20)(H,19,21). The lowest BCUT2D eigenvalue weighted by Gasteiger charge is -2.09. The molecule has 0 aromatic heterocycles. The number of rotatable bonds is 8. The van der Waals surface area contributed by atoms with Gasteiger partial charge >= 0.3 is 0 Å². The topological polar surface area (TPSA) is 67.4 Å². The lowest BCUT2D eigenvalue weighted by atomic mass is 10.1. The van der Waals surface area contributed by atoms with Gasteiger partial charge in [0, 0.05) is 12.0 Å². The zero-order chi connectivity index (χ0) is 16.4. The van der Waals surface area contributed by atoms with Crippen LogP contribution in [0.5, 0.6) is 5.75 Å². The van der Waals surface area contributed by atoms with Crippen LogP contribution in [0.3, 0.4) is 0 Å². The highest BCUT2D eigenvalue weighted by atomic mass is 79.9. The molecule has 22 heavy (non-hydrogen) atoms. The Bertz CT molecular complexity index is 506. The van der Waals surface area contributed by atoms with E-state index in [2.05, 4.69) is 33.7 Å². The molecule has 0 aliphatic rings. The van der Waals surface area contributed by atoms with Gasteiger partial charge in [0.25, 0.3) is 5.91 Å². The first kappa shape index (κ1) is 18.5. The number of amides is 2. The number of nitrogens with one attached hydrogen (secondary N) is 2. The number of unbranched alkanes of at least 4 members (excludes halogenated alkanes) is 4. The molecule has 1 aromatic carbocycles. The molecule has 1 rings (SSSR count). The summed E-state index contributed by atoms with van der Waals surface area (Å²) in [5, 5.41) is 0. The fourth-order valence-corrected chi connectivity index (χ4v) is 2.50. The van der Waals surface area contributed by atoms with E-state index in [1.54, 1.807) is 25.3 Å². The average molecular weight is 371 g/mol. The van der Waals surface area contributed by atoms with Gasteiger partial charge in [0.1, 0.15) is 5.75 Å². The zero-order valence-corrected chi connectivity index (χ0v) is 14.7. The van der Waals surface area contributed by atoms with Crippen molar-refractivity contribution in [1.29, 1.82) is 0 Å². The summed E-state index contributed by atoms with van der Waals surface area (Å²) in [6.07, 6.45) is 5.84. The van der Waals surface area contributed by atoms with Crippen molar-refractivity contribution in [1.82, 2.24) is 10.9 Å². The number of methoxy groups -OCH3 is 1. The molecule has 0 unspecified atom stereocenters. The van der Waals surface area contributed by atoms with E-state index in [1.807, 2.05) is 0 Å². The number of hydrogen-bond donors (Lipinski definition) is 2. The van der Waals surface area contributed by atoms with Crippen molar-refractivity contribution in [3.05, 3.63) is 28.2 Å². The molecule has 2 N–H and O–H groups in total. The summed E-state index contributed by atoms with van der Waals surface area (Å²) in [6.45, 7) is 2.15. The van der Waals surface area contributed by atoms with Crippen LogP contribution in [0.4, 0.5) is 0 Å². The summed E-state index contributed by atoms with van der Waals surface area (Å²) in [7, 11) is 1.56. The Hall–Kier alpha value is -1.56. The summed E-state index contributed by atoms with van der Waals surface area (Å²) in [4.78, 5) is 23.6. The van der Waals surface area contributed by atoms with Crippen LogP contribution in [-0.2, 0) is 4.79 Å². The van der Waals surface area contributed by atoms with Crippen LogP contribution >= 0.6 is 15.9 Å². The molecule has 6 heteroatoms. The molecule has 0 aliphatic carbocycles. The highest BCUT2D eigenvalue weighted by Gasteiger charge is 2.09. The number of benzene rings is 1. The van der Waals surface area contributed by atoms with E-state index in [0.717, 1.165) is 19.3 Å². The molecular formula is C16H23BrN2O3. The van der Waals surface area contributed by atoms with Crippen molar-refractivity contribution < 1.29 is 14.3 Å². The lowest BCUT2D eigenvalue weighted by molar-refractivity contribution is -0.122. The lowest BCUT2D eigenvalue weighted by Crippen LogP contribution is -2.41. The van der Waals surface area contributed by atoms with Gasteiger partial charge in [-0.3, -0.25) is 20.4 Å². The summed E-state index contributed by atoms with van der Waals surface area (Å²) >= 11 is 3.32. The van der Waals surface area contributed by atoms with E-state index >= 15 is 0 Å². The molecule has 0 spiro atoms. The smallest absolute Gasteiger partial charge is 0.269 e. The number of carbonyl (C=O) groups excluding carboxylic acids is 2. The SMILES string of the molecule is CCCCCCCC(=O)NNC(=O)c1ccc(OC)c(Br)c1. The second-order valence-electron chi connectivity index (χ2n) is 5.02. The number of hydrogen-bond acceptors (Lipinski definition) is 3. The van der Waals surface area contributed by atoms with Crippen LogP contribution in [0.15, 0.2) is 22.7 Å². The number of carbonyl (C=O) groups is 2. The average Bonchev–Trinajstić information content (AvgIpc) is 2.52. The van der Waals surface area contributed by atoms with Crippen LogP contribution in [0.2, 0.25) is 0 Å². The fraction of sp³-hybridized carbons (Fsp3) is 0.500. The van der Waals surface area contributed by atoms with E-state index in [4.69, 9.17) is 4.74 Å². The highest BCUT2D eigenvalue weighted by molar-refractivity contribution is 9.10. The Morgan fingerprint density at radius 3 is 2.50 bits per heavy atom. The molecule has 2 amide bonds. The maximum Gasteiger partial charge on any atom is 0.269 e. The largest absolute Gasteiger partial charge is 0.496 e. The van der Waals surface area contributed by atoms with Gasteiger partial charge in [-0.15, -0.1) is 0 Å². The van der Waals surface area contributed by atoms with Crippen molar-refractivity contribution in [3.63, 3.8) is 0 Å². The Labute approximate surface area is 139 Å². The molecule has 0 fully saturated rings. The third-order valence-corrected chi connectivity index (χ3v) is 3.86. The number of halogens is 1. The van der Waals surface area contributed by atoms with Gasteiger partial charge in [0.15, 0.2) is 0 Å². The zero-order valence-electron chi connectivity index (χ0n) is 13.1. The molecule has 0 saturated carbocycles. The minimum Gasteiger partial charge on any atom is -0.496 e. The second-order valence-corrected chi connectivity index (χ2v) is 5.87. The van der Waals surface area contributed by atoms with E-state index in [-0.39, 0.29) is 11.8 Å². The van der Waals surface area contributed by atoms with Crippen molar-refractivity contribution in [3.8, 4) is 5.75 Å². The van der Waals surface area contributed by atoms with Gasteiger partial charge in [-0.05, 0) is 40.5 Å². The van der Waals surface area contributed by atoms with Crippen LogP contribution in [0.1, 0.15) is 55.8 Å². The molecule has 1 aromatic rings. The fourth-order valence-electron chi connectivity index (χ4n) is 1.96. The van der Waals surface area contributed by atoms with E-state index < -0.39 is 0 Å². The van der Waals surface area contributed by atoms with Crippen LogP contribution in [-0.4, -0.2) is 18.9 Å². The van der Waals surface area contributed by atoms with Gasteiger partial charge in [-0.2, -0.15) is 0 Å². The van der Waals surface area contributed by atoms with Gasteiger partial charge < -0.3 is 4.74 Å². The van der Waals surface area contributed by atoms with Crippen molar-refractivity contribution in [2.45, 2.75) is 45.4 Å². The molecule has 0 saturated heterocycles. The first-order valence-electron chi connectivity index (χ1n) is 7.51. The van der Waals surface area contributed by atoms with E-state index in [1.165, 1.54) is 12.8 Å². The normalized spacial score (nSPS) is 10.1. The Morgan fingerprint density at radius 2 is 1.86 bits per heavy atom. The third kappa shape index (κ3) is 6.47. The monoisotopic (exact) mass is 370 g/mol. The predicted octanol–water partition coefficient (Wildman–Crippen LogP) is 3.58. The molecule has 0 atom stereocenters. The molecule has 0 aliphatic heterocycles. The Kier molecular flexibility index (Phi) is 8.58. The molecule has 122 valence electrons. The summed E-state index contributed by atoms with van der Waals surface area (Å²) in [6, 6.07) is 4.97. The first-order valence-corrected chi connectivity index (χ1v) is 8.30. The quantitative estimate of drug-likeness (QED) is 0.542. The molecule has 0 radical (unpaired) electrons. The summed E-state index contributed by atoms with van der Waals surface area (Å²) < 4.78 is 5.79. The first-order chi connectivity index (χ1) is 10.6. The van der Waals surface area contributed by atoms with E-state index in [0.29, 0.717) is 22.2 Å². The maximum atomic E-state index is 11.9. The summed E-state index contributed by atoms with van der Waals surface area (Å²) in [5.74, 6) is 0.118. The van der Waals surface area contributed by atoms with Crippen molar-refractivity contribution in [2.24, 2.45) is 0 Å². The maximum absolute atomic E-state index is 11.9. The predicted molar refractivity (Wildman–Crippen MR) is 89.7 cm³/mol. The van der Waals surface area contributed by atoms with Crippen molar-refractivity contribution in [2.75, 3.05) is 7.11 Å². The number of ether oxygens (including phenoxy) is 1. The molecule has 0 bridgehead atoms. The molecular weight excluding hydrogens is 348 g/mol. The Balaban J connectivity index is 2.33. The molecule has 5 nitrogen and oxygen atoms in total. The Morgan fingerprint density at radius 1 is 1.14 bits per heavy atom. The minimum absolute atomic E-state index is 0.169. The van der Waals surface area contributed by atoms with Crippen molar-refractivity contribution >= 4 is 27.7 Å². The second kappa shape index (κ2) is 10.2. The van der Waals surface area contributed by atoms with Gasteiger partial charge in [-0.25, -0.2) is 0 Å². The number of hydrazine groups is 1. The van der Waals surface area contributed by atoms with Gasteiger partial charge in [-0.1, -0.05) is 32.6 Å². The van der Waals surface area contributed by atoms with Crippen LogP contribution in [0, 0.1) is 0 Å². The third-order valence-electron chi connectivity index (χ3n) is 3.24. The van der Waals surface area contributed by atoms with Crippen LogP contribution in [0.25, 0.3) is 0 Å². The van der Waals surface area contributed by atoms with Gasteiger partial charge in [0.2, 0.25) is 5.91 Å². The van der Waals surface area contributed by atoms with Crippen LogP contribution < -0.4 is 15.6 Å². The minimum atomic E-state index is -0.359. The van der Waals surface area contributed by atoms with E-state index in [9.17, 15) is 9.59 Å². The molecule has 0 heterocycles. The summed E-state index contributed by atoms with van der Waals surface area (Å²) in [5.41, 5.74) is 5.29. The highest BCUT2D eigenvalue weighted by Crippen LogP contribution is 2.25. The van der Waals surface area contributed by atoms with Gasteiger partial charge in [0.05, 0.1) is 11.6 Å².